The third kappa shape index (κ3) is 5.52. The van der Waals surface area contributed by atoms with Gasteiger partial charge in [-0.2, -0.15) is 5.10 Å². The van der Waals surface area contributed by atoms with Crippen LogP contribution in [0.15, 0.2) is 24.3 Å². The molecule has 1 fully saturated rings. The molecule has 1 aromatic heterocycles. The number of carboxylic acids is 1. The highest BCUT2D eigenvalue weighted by molar-refractivity contribution is 5.97. The van der Waals surface area contributed by atoms with Gasteiger partial charge in [0.1, 0.15) is 11.5 Å². The number of amides is 2. The molecule has 1 aliphatic carbocycles. The molecule has 0 spiro atoms. The number of benzene rings is 1. The second-order valence-corrected chi connectivity index (χ2v) is 8.24. The summed E-state index contributed by atoms with van der Waals surface area (Å²) in [5.41, 5.74) is 6.46. The molecule has 1 saturated carbocycles. The van der Waals surface area contributed by atoms with Crippen molar-refractivity contribution < 1.29 is 23.9 Å². The Morgan fingerprint density at radius 3 is 2.44 bits per heavy atom. The van der Waals surface area contributed by atoms with Crippen molar-refractivity contribution in [3.05, 3.63) is 47.0 Å². The second-order valence-electron chi connectivity index (χ2n) is 8.24. The van der Waals surface area contributed by atoms with E-state index in [2.05, 4.69) is 10.4 Å². The molecule has 8 nitrogen and oxygen atoms in total. The third-order valence-corrected chi connectivity index (χ3v) is 5.97. The number of carbonyl (C=O) groups excluding carboxylic acids is 2. The van der Waals surface area contributed by atoms with Gasteiger partial charge in [-0.25, -0.2) is 4.39 Å². The van der Waals surface area contributed by atoms with Crippen LogP contribution in [0.3, 0.4) is 0 Å². The van der Waals surface area contributed by atoms with Gasteiger partial charge in [0, 0.05) is 6.54 Å². The first-order valence-corrected chi connectivity index (χ1v) is 11.0. The molecule has 0 bridgehead atoms. The zero-order chi connectivity index (χ0) is 23.3. The SMILES string of the molecule is CCn1nc([C@@H](C(=O)Nc2ccc(CC(=O)O)cc2F)C2CCCCCC2)cc1C(N)=O. The van der Waals surface area contributed by atoms with Crippen molar-refractivity contribution in [1.82, 2.24) is 9.78 Å². The third-order valence-electron chi connectivity index (χ3n) is 5.97. The van der Waals surface area contributed by atoms with E-state index in [4.69, 9.17) is 10.8 Å². The Hall–Kier alpha value is -3.23. The Labute approximate surface area is 186 Å². The van der Waals surface area contributed by atoms with Crippen LogP contribution in [0.4, 0.5) is 10.1 Å². The maximum atomic E-state index is 14.6. The van der Waals surface area contributed by atoms with Crippen molar-refractivity contribution >= 4 is 23.5 Å². The molecule has 9 heteroatoms. The Bertz CT molecular complexity index is 996. The van der Waals surface area contributed by atoms with Gasteiger partial charge in [0.25, 0.3) is 5.91 Å². The number of primary amides is 1. The lowest BCUT2D eigenvalue weighted by molar-refractivity contribution is -0.136. The number of nitrogens with two attached hydrogens (primary N) is 1. The van der Waals surface area contributed by atoms with E-state index in [0.717, 1.165) is 44.6 Å². The fourth-order valence-corrected chi connectivity index (χ4v) is 4.42. The number of hydrogen-bond acceptors (Lipinski definition) is 4. The predicted molar refractivity (Wildman–Crippen MR) is 117 cm³/mol. The standard InChI is InChI=1S/C23H29FN4O4/c1-2-28-19(22(25)31)13-18(27-28)21(15-7-5-3-4-6-8-15)23(32)26-17-10-9-14(11-16(17)24)12-20(29)30/h9-11,13,15,21H,2-8,12H2,1H3,(H2,25,31)(H,26,32)(H,29,30)/t21-/m0/s1. The summed E-state index contributed by atoms with van der Waals surface area (Å²) in [6.07, 6.45) is 5.54. The number of aryl methyl sites for hydroxylation is 1. The van der Waals surface area contributed by atoms with Crippen LogP contribution >= 0.6 is 0 Å². The minimum atomic E-state index is -1.06. The maximum absolute atomic E-state index is 14.6. The highest BCUT2D eigenvalue weighted by Gasteiger charge is 2.34. The maximum Gasteiger partial charge on any atom is 0.307 e. The number of anilines is 1. The van der Waals surface area contributed by atoms with E-state index >= 15 is 0 Å². The summed E-state index contributed by atoms with van der Waals surface area (Å²) in [4.78, 5) is 36.1. The molecule has 0 unspecified atom stereocenters. The van der Waals surface area contributed by atoms with Crippen LogP contribution in [0.1, 0.15) is 73.1 Å². The summed E-state index contributed by atoms with van der Waals surface area (Å²) >= 11 is 0. The molecule has 1 atom stereocenters. The molecule has 1 aliphatic rings. The molecule has 0 saturated heterocycles. The van der Waals surface area contributed by atoms with E-state index in [1.54, 1.807) is 6.07 Å². The number of nitrogens with one attached hydrogen (secondary N) is 1. The van der Waals surface area contributed by atoms with Crippen LogP contribution in [0.5, 0.6) is 0 Å². The molecule has 2 aromatic rings. The summed E-state index contributed by atoms with van der Waals surface area (Å²) < 4.78 is 16.1. The van der Waals surface area contributed by atoms with Gasteiger partial charge < -0.3 is 16.2 Å². The molecule has 2 amide bonds. The summed E-state index contributed by atoms with van der Waals surface area (Å²) in [6.45, 7) is 2.26. The average molecular weight is 445 g/mol. The van der Waals surface area contributed by atoms with Crippen LogP contribution in [0.2, 0.25) is 0 Å². The monoisotopic (exact) mass is 444 g/mol. The summed E-state index contributed by atoms with van der Waals surface area (Å²) in [5, 5.41) is 16.0. The second kappa shape index (κ2) is 10.4. The van der Waals surface area contributed by atoms with E-state index in [9.17, 15) is 18.8 Å². The first-order chi connectivity index (χ1) is 15.3. The van der Waals surface area contributed by atoms with E-state index in [1.165, 1.54) is 16.8 Å². The van der Waals surface area contributed by atoms with Crippen molar-refractivity contribution in [2.24, 2.45) is 11.7 Å². The molecular weight excluding hydrogens is 415 g/mol. The molecule has 4 N–H and O–H groups in total. The van der Waals surface area contributed by atoms with Crippen LogP contribution in [0.25, 0.3) is 0 Å². The van der Waals surface area contributed by atoms with Crippen LogP contribution in [-0.2, 0) is 22.6 Å². The molecule has 1 heterocycles. The topological polar surface area (TPSA) is 127 Å². The lowest BCUT2D eigenvalue weighted by Crippen LogP contribution is -2.28. The van der Waals surface area contributed by atoms with Crippen molar-refractivity contribution in [3.63, 3.8) is 0 Å². The van der Waals surface area contributed by atoms with Gasteiger partial charge in [0.05, 0.1) is 23.7 Å². The molecule has 0 radical (unpaired) electrons. The van der Waals surface area contributed by atoms with E-state index in [0.29, 0.717) is 17.8 Å². The minimum Gasteiger partial charge on any atom is -0.481 e. The van der Waals surface area contributed by atoms with Gasteiger partial charge in [-0.05, 0) is 49.4 Å². The number of nitrogens with zero attached hydrogens (tertiary/aromatic N) is 2. The lowest BCUT2D eigenvalue weighted by Gasteiger charge is -2.24. The van der Waals surface area contributed by atoms with Crippen LogP contribution in [-0.4, -0.2) is 32.7 Å². The Morgan fingerprint density at radius 2 is 1.91 bits per heavy atom. The number of aliphatic carboxylic acids is 1. The first-order valence-electron chi connectivity index (χ1n) is 11.0. The minimum absolute atomic E-state index is 0.00720. The van der Waals surface area contributed by atoms with E-state index < -0.39 is 29.5 Å². The van der Waals surface area contributed by atoms with Gasteiger partial charge in [-0.15, -0.1) is 0 Å². The Morgan fingerprint density at radius 1 is 1.22 bits per heavy atom. The zero-order valence-corrected chi connectivity index (χ0v) is 18.1. The van der Waals surface area contributed by atoms with Crippen LogP contribution < -0.4 is 11.1 Å². The van der Waals surface area contributed by atoms with Gasteiger partial charge in [0.15, 0.2) is 0 Å². The molecule has 0 aliphatic heterocycles. The number of rotatable bonds is 8. The lowest BCUT2D eigenvalue weighted by atomic mass is 9.83. The summed E-state index contributed by atoms with van der Waals surface area (Å²) in [5.74, 6) is -3.44. The summed E-state index contributed by atoms with van der Waals surface area (Å²) in [7, 11) is 0. The smallest absolute Gasteiger partial charge is 0.307 e. The van der Waals surface area contributed by atoms with Gasteiger partial charge >= 0.3 is 5.97 Å². The quantitative estimate of drug-likeness (QED) is 0.537. The molecule has 172 valence electrons. The molecular formula is C23H29FN4O4. The fourth-order valence-electron chi connectivity index (χ4n) is 4.42. The first kappa shape index (κ1) is 23.4. The fraction of sp³-hybridized carbons (Fsp3) is 0.478. The van der Waals surface area contributed by atoms with E-state index in [1.807, 2.05) is 6.92 Å². The number of carboxylic acid groups (broad SMARTS) is 1. The number of carbonyl (C=O) groups is 3. The largest absolute Gasteiger partial charge is 0.481 e. The van der Waals surface area contributed by atoms with Gasteiger partial charge in [-0.1, -0.05) is 31.7 Å². The van der Waals surface area contributed by atoms with Gasteiger partial charge in [-0.3, -0.25) is 19.1 Å². The van der Waals surface area contributed by atoms with Crippen molar-refractivity contribution in [2.75, 3.05) is 5.32 Å². The Balaban J connectivity index is 1.92. The van der Waals surface area contributed by atoms with Crippen molar-refractivity contribution in [1.29, 1.82) is 0 Å². The highest BCUT2D eigenvalue weighted by atomic mass is 19.1. The molecule has 32 heavy (non-hydrogen) atoms. The normalized spacial score (nSPS) is 15.7. The van der Waals surface area contributed by atoms with E-state index in [-0.39, 0.29) is 23.7 Å². The number of hydrogen-bond donors (Lipinski definition) is 3. The zero-order valence-electron chi connectivity index (χ0n) is 18.1. The average Bonchev–Trinajstić information content (AvgIpc) is 2.98. The van der Waals surface area contributed by atoms with Crippen LogP contribution in [0, 0.1) is 11.7 Å². The summed E-state index contributed by atoms with van der Waals surface area (Å²) in [6, 6.07) is 5.52. The molecule has 1 aromatic carbocycles. The predicted octanol–water partition coefficient (Wildman–Crippen LogP) is 3.46. The highest BCUT2D eigenvalue weighted by Crippen LogP contribution is 2.36. The number of aromatic nitrogens is 2. The van der Waals surface area contributed by atoms with Crippen molar-refractivity contribution in [2.45, 2.75) is 64.3 Å². The van der Waals surface area contributed by atoms with Gasteiger partial charge in [0.2, 0.25) is 5.91 Å². The Kier molecular flexibility index (Phi) is 7.61. The van der Waals surface area contributed by atoms with Crippen molar-refractivity contribution in [3.8, 4) is 0 Å². The number of halogens is 1. The molecule has 3 rings (SSSR count).